The number of aliphatic hydroxyl groups is 1. The summed E-state index contributed by atoms with van der Waals surface area (Å²) in [5.74, 6) is -0.867. The van der Waals surface area contributed by atoms with Gasteiger partial charge in [0, 0.05) is 19.4 Å². The Hall–Kier alpha value is -1.18. The smallest absolute Gasteiger partial charge is 0.306 e. The fourth-order valence-electron chi connectivity index (χ4n) is 2.38. The lowest BCUT2D eigenvalue weighted by Crippen LogP contribution is -2.57. The summed E-state index contributed by atoms with van der Waals surface area (Å²) < 4.78 is 21.7. The molecule has 1 N–H and O–H groups in total. The van der Waals surface area contributed by atoms with Crippen LogP contribution in [0.1, 0.15) is 59.3 Å². The molecule has 0 amide bonds. The summed E-state index contributed by atoms with van der Waals surface area (Å²) in [6.45, 7) is 6.33. The average Bonchev–Trinajstić information content (AvgIpc) is 2.53. The topological polar surface area (TPSA) is 91.3 Å². The average molecular weight is 346 g/mol. The van der Waals surface area contributed by atoms with Crippen LogP contribution >= 0.6 is 0 Å². The molecule has 1 fully saturated rings. The zero-order chi connectivity index (χ0) is 17.9. The van der Waals surface area contributed by atoms with E-state index < -0.39 is 36.5 Å². The molecule has 0 aliphatic carbocycles. The molecule has 0 bridgehead atoms. The van der Waals surface area contributed by atoms with E-state index in [0.29, 0.717) is 19.4 Å². The molecule has 24 heavy (non-hydrogen) atoms. The molecule has 1 aliphatic heterocycles. The SMILES string of the molecule is CCCCO[C@H]1COC(O)[C@H](OC(=O)CCC)[C@@H]1OC(=O)CCC. The number of rotatable bonds is 10. The summed E-state index contributed by atoms with van der Waals surface area (Å²) in [6.07, 6.45) is -0.288. The van der Waals surface area contributed by atoms with Crippen LogP contribution in [0.2, 0.25) is 0 Å². The summed E-state index contributed by atoms with van der Waals surface area (Å²) >= 11 is 0. The van der Waals surface area contributed by atoms with Crippen molar-refractivity contribution in [3.63, 3.8) is 0 Å². The van der Waals surface area contributed by atoms with Gasteiger partial charge in [-0.25, -0.2) is 0 Å². The van der Waals surface area contributed by atoms with Gasteiger partial charge in [-0.15, -0.1) is 0 Å². The van der Waals surface area contributed by atoms with E-state index in [2.05, 4.69) is 0 Å². The van der Waals surface area contributed by atoms with E-state index in [1.54, 1.807) is 0 Å². The minimum absolute atomic E-state index is 0.0801. The van der Waals surface area contributed by atoms with E-state index in [9.17, 15) is 14.7 Å². The number of carbonyl (C=O) groups is 2. The van der Waals surface area contributed by atoms with Gasteiger partial charge in [0.15, 0.2) is 18.5 Å². The van der Waals surface area contributed by atoms with Gasteiger partial charge in [0.1, 0.15) is 6.10 Å². The third kappa shape index (κ3) is 6.75. The van der Waals surface area contributed by atoms with Crippen molar-refractivity contribution in [2.75, 3.05) is 13.2 Å². The molecule has 0 aromatic heterocycles. The first-order valence-electron chi connectivity index (χ1n) is 8.83. The van der Waals surface area contributed by atoms with E-state index >= 15 is 0 Å². The van der Waals surface area contributed by atoms with E-state index in [4.69, 9.17) is 18.9 Å². The lowest BCUT2D eigenvalue weighted by atomic mass is 10.0. The van der Waals surface area contributed by atoms with Crippen molar-refractivity contribution in [2.24, 2.45) is 0 Å². The summed E-state index contributed by atoms with van der Waals surface area (Å²) in [6, 6.07) is 0. The molecule has 1 heterocycles. The number of aliphatic hydroxyl groups excluding tert-OH is 1. The van der Waals surface area contributed by atoms with Crippen LogP contribution in [-0.4, -0.2) is 54.9 Å². The molecule has 0 aromatic carbocycles. The molecule has 1 rings (SSSR count). The Morgan fingerprint density at radius 2 is 1.58 bits per heavy atom. The summed E-state index contributed by atoms with van der Waals surface area (Å²) in [4.78, 5) is 23.7. The largest absolute Gasteiger partial charge is 0.455 e. The van der Waals surface area contributed by atoms with Gasteiger partial charge >= 0.3 is 11.9 Å². The van der Waals surface area contributed by atoms with Crippen molar-refractivity contribution < 1.29 is 33.6 Å². The van der Waals surface area contributed by atoms with Crippen molar-refractivity contribution >= 4 is 11.9 Å². The molecular formula is C17H30O7. The Labute approximate surface area is 143 Å². The van der Waals surface area contributed by atoms with E-state index in [1.165, 1.54) is 0 Å². The highest BCUT2D eigenvalue weighted by atomic mass is 16.7. The quantitative estimate of drug-likeness (QED) is 0.477. The predicted octanol–water partition coefficient (Wildman–Crippen LogP) is 1.94. The van der Waals surface area contributed by atoms with Gasteiger partial charge in [-0.2, -0.15) is 0 Å². The summed E-state index contributed by atoms with van der Waals surface area (Å²) in [5.41, 5.74) is 0. The maximum absolute atomic E-state index is 11.9. The van der Waals surface area contributed by atoms with Crippen molar-refractivity contribution in [2.45, 2.75) is 83.9 Å². The molecule has 140 valence electrons. The van der Waals surface area contributed by atoms with E-state index in [-0.39, 0.29) is 19.4 Å². The Kier molecular flexibility index (Phi) is 9.90. The maximum atomic E-state index is 11.9. The zero-order valence-electron chi connectivity index (χ0n) is 14.9. The van der Waals surface area contributed by atoms with E-state index in [1.807, 2.05) is 20.8 Å². The van der Waals surface area contributed by atoms with Crippen LogP contribution in [-0.2, 0) is 28.5 Å². The van der Waals surface area contributed by atoms with Gasteiger partial charge in [0.25, 0.3) is 0 Å². The van der Waals surface area contributed by atoms with Crippen LogP contribution in [0.4, 0.5) is 0 Å². The van der Waals surface area contributed by atoms with Crippen LogP contribution in [0.15, 0.2) is 0 Å². The van der Waals surface area contributed by atoms with Gasteiger partial charge in [-0.1, -0.05) is 27.2 Å². The van der Waals surface area contributed by atoms with Gasteiger partial charge < -0.3 is 24.1 Å². The summed E-state index contributed by atoms with van der Waals surface area (Å²) in [5, 5.41) is 10.0. The highest BCUT2D eigenvalue weighted by Crippen LogP contribution is 2.24. The summed E-state index contributed by atoms with van der Waals surface area (Å²) in [7, 11) is 0. The molecule has 1 saturated heterocycles. The van der Waals surface area contributed by atoms with Crippen LogP contribution < -0.4 is 0 Å². The molecule has 0 spiro atoms. The molecule has 0 aromatic rings. The number of carbonyl (C=O) groups excluding carboxylic acids is 2. The monoisotopic (exact) mass is 346 g/mol. The molecule has 0 saturated carbocycles. The van der Waals surface area contributed by atoms with Crippen LogP contribution in [0.3, 0.4) is 0 Å². The number of hydrogen-bond donors (Lipinski definition) is 1. The first kappa shape index (κ1) is 20.9. The zero-order valence-corrected chi connectivity index (χ0v) is 14.9. The third-order valence-electron chi connectivity index (χ3n) is 3.68. The first-order chi connectivity index (χ1) is 11.5. The van der Waals surface area contributed by atoms with Crippen LogP contribution in [0.25, 0.3) is 0 Å². The lowest BCUT2D eigenvalue weighted by molar-refractivity contribution is -0.271. The van der Waals surface area contributed by atoms with Crippen molar-refractivity contribution in [1.29, 1.82) is 0 Å². The van der Waals surface area contributed by atoms with Crippen molar-refractivity contribution in [3.05, 3.63) is 0 Å². The van der Waals surface area contributed by atoms with Crippen LogP contribution in [0, 0.1) is 0 Å². The van der Waals surface area contributed by atoms with Crippen molar-refractivity contribution in [3.8, 4) is 0 Å². The molecule has 0 radical (unpaired) electrons. The Bertz CT molecular complexity index is 385. The number of unbranched alkanes of at least 4 members (excludes halogenated alkanes) is 1. The molecule has 4 atom stereocenters. The lowest BCUT2D eigenvalue weighted by Gasteiger charge is -2.39. The number of ether oxygens (including phenoxy) is 4. The maximum Gasteiger partial charge on any atom is 0.306 e. The first-order valence-corrected chi connectivity index (χ1v) is 8.83. The number of esters is 2. The number of hydrogen-bond acceptors (Lipinski definition) is 7. The van der Waals surface area contributed by atoms with Gasteiger partial charge in [0.05, 0.1) is 6.61 Å². The van der Waals surface area contributed by atoms with Crippen molar-refractivity contribution in [1.82, 2.24) is 0 Å². The molecule has 1 aliphatic rings. The minimum Gasteiger partial charge on any atom is -0.455 e. The Balaban J connectivity index is 2.82. The third-order valence-corrected chi connectivity index (χ3v) is 3.68. The second kappa shape index (κ2) is 11.4. The molecular weight excluding hydrogens is 316 g/mol. The standard InChI is InChI=1S/C17H30O7/c1-4-7-10-21-12-11-22-17(20)16(24-14(19)9-6-3)15(12)23-13(18)8-5-2/h12,15-17,20H,4-11H2,1-3H3/t12-,15+,16+,17?/m0/s1. The molecule has 7 nitrogen and oxygen atoms in total. The minimum atomic E-state index is -1.34. The normalized spacial score (nSPS) is 26.8. The second-order valence-corrected chi connectivity index (χ2v) is 5.90. The highest BCUT2D eigenvalue weighted by Gasteiger charge is 2.45. The molecule has 1 unspecified atom stereocenters. The molecule has 7 heteroatoms. The fraction of sp³-hybridized carbons (Fsp3) is 0.882. The Morgan fingerprint density at radius 1 is 1.00 bits per heavy atom. The van der Waals surface area contributed by atoms with Gasteiger partial charge in [0.2, 0.25) is 0 Å². The van der Waals surface area contributed by atoms with E-state index in [0.717, 1.165) is 12.8 Å². The van der Waals surface area contributed by atoms with Crippen LogP contribution in [0.5, 0.6) is 0 Å². The van der Waals surface area contributed by atoms with Gasteiger partial charge in [-0.05, 0) is 19.3 Å². The second-order valence-electron chi connectivity index (χ2n) is 5.90. The highest BCUT2D eigenvalue weighted by molar-refractivity contribution is 5.70. The fourth-order valence-corrected chi connectivity index (χ4v) is 2.38. The predicted molar refractivity (Wildman–Crippen MR) is 86.2 cm³/mol. The Morgan fingerprint density at radius 3 is 2.12 bits per heavy atom. The van der Waals surface area contributed by atoms with Gasteiger partial charge in [-0.3, -0.25) is 9.59 Å².